The molecular weight excluding hydrogens is 482 g/mol. The van der Waals surface area contributed by atoms with Crippen LogP contribution in [0.5, 0.6) is 0 Å². The second-order valence-electron chi connectivity index (χ2n) is 9.45. The van der Waals surface area contributed by atoms with E-state index in [1.54, 1.807) is 0 Å². The summed E-state index contributed by atoms with van der Waals surface area (Å²) in [4.78, 5) is 9.89. The predicted molar refractivity (Wildman–Crippen MR) is 143 cm³/mol. The van der Waals surface area contributed by atoms with Gasteiger partial charge in [-0.1, -0.05) is 71.1 Å². The van der Waals surface area contributed by atoms with Gasteiger partial charge in [-0.05, 0) is 0 Å². The molecule has 0 amide bonds. The molecule has 0 fully saturated rings. The molecule has 0 saturated carbocycles. The Morgan fingerprint density at radius 2 is 0.906 bits per heavy atom. The van der Waals surface area contributed by atoms with Gasteiger partial charge in [0.2, 0.25) is 0 Å². The molecule has 0 heterocycles. The van der Waals surface area contributed by atoms with Crippen LogP contribution in [0.25, 0.3) is 0 Å². The van der Waals surface area contributed by atoms with Crippen LogP contribution in [-0.2, 0) is 13.6 Å². The Morgan fingerprint density at radius 3 is 1.28 bits per heavy atom. The molecule has 32 heavy (non-hydrogen) atoms. The van der Waals surface area contributed by atoms with E-state index in [-0.39, 0.29) is 0 Å². The molecule has 195 valence electrons. The molecule has 6 heteroatoms. The summed E-state index contributed by atoms with van der Waals surface area (Å²) in [7, 11) is -3.87. The van der Waals surface area contributed by atoms with Crippen LogP contribution < -0.4 is 0 Å². The molecule has 0 aliphatic carbocycles. The van der Waals surface area contributed by atoms with E-state index in [2.05, 4.69) is 27.7 Å². The van der Waals surface area contributed by atoms with Crippen molar-refractivity contribution in [2.75, 3.05) is 13.2 Å². The molecule has 0 bridgehead atoms. The van der Waals surface area contributed by atoms with Crippen LogP contribution in [0.15, 0.2) is 0 Å². The monoisotopic (exact) mass is 539 g/mol. The average molecular weight is 540 g/mol. The van der Waals surface area contributed by atoms with Crippen molar-refractivity contribution in [3.63, 3.8) is 0 Å². The molecule has 1 unspecified atom stereocenters. The van der Waals surface area contributed by atoms with Crippen LogP contribution in [0.3, 0.4) is 0 Å². The van der Waals surface area contributed by atoms with E-state index < -0.39 is 21.4 Å². The molecule has 0 aromatic heterocycles. The average Bonchev–Trinajstić information content (AvgIpc) is 2.79. The molecular formula is C26H57AsO4P. The van der Waals surface area contributed by atoms with Gasteiger partial charge in [-0.3, -0.25) is 0 Å². The Morgan fingerprint density at radius 1 is 0.562 bits per heavy atom. The first-order valence-electron chi connectivity index (χ1n) is 13.9. The van der Waals surface area contributed by atoms with E-state index >= 15 is 0 Å². The summed E-state index contributed by atoms with van der Waals surface area (Å²) >= 11 is -1.67. The Hall–Kier alpha value is 0.668. The van der Waals surface area contributed by atoms with Crippen molar-refractivity contribution in [2.45, 2.75) is 151 Å². The summed E-state index contributed by atoms with van der Waals surface area (Å²) in [5.41, 5.74) is 0. The Bertz CT molecular complexity index is 435. The number of hydrogen-bond acceptors (Lipinski definition) is 3. The number of hydrogen-bond donors (Lipinski definition) is 1. The van der Waals surface area contributed by atoms with Crippen molar-refractivity contribution >= 4 is 21.4 Å². The third-order valence-electron chi connectivity index (χ3n) is 7.08. The normalized spacial score (nSPS) is 14.0. The number of phosphoric acid groups is 1. The summed E-state index contributed by atoms with van der Waals surface area (Å²) in [5, 5.41) is 4.70. The number of rotatable bonds is 25. The molecule has 1 atom stereocenters. The summed E-state index contributed by atoms with van der Waals surface area (Å²) in [6.45, 7) is 9.74. The molecule has 1 radical (unpaired) electrons. The molecule has 0 spiro atoms. The van der Waals surface area contributed by atoms with E-state index in [9.17, 15) is 9.46 Å². The summed E-state index contributed by atoms with van der Waals surface area (Å²) in [6, 6.07) is 0. The van der Waals surface area contributed by atoms with Crippen molar-refractivity contribution in [3.05, 3.63) is 0 Å². The molecule has 0 rings (SSSR count). The fraction of sp³-hybridized carbons (Fsp3) is 1.00. The van der Waals surface area contributed by atoms with Gasteiger partial charge in [0, 0.05) is 0 Å². The minimum absolute atomic E-state index is 0.326. The third kappa shape index (κ3) is 19.0. The van der Waals surface area contributed by atoms with Gasteiger partial charge in [0.1, 0.15) is 0 Å². The SMILES string of the molecule is CCCCCCCCCCCCCCCCCCOP(=O)(O)OCC[As](CC)(CC)CC. The van der Waals surface area contributed by atoms with Gasteiger partial charge in [-0.25, -0.2) is 0 Å². The van der Waals surface area contributed by atoms with Crippen LogP contribution in [0.2, 0.25) is 20.8 Å². The van der Waals surface area contributed by atoms with Gasteiger partial charge in [-0.15, -0.1) is 0 Å². The fourth-order valence-electron chi connectivity index (χ4n) is 4.36. The maximum absolute atomic E-state index is 12.1. The van der Waals surface area contributed by atoms with Gasteiger partial charge in [0.15, 0.2) is 0 Å². The first kappa shape index (κ1) is 32.7. The van der Waals surface area contributed by atoms with Crippen LogP contribution in [0.4, 0.5) is 0 Å². The second-order valence-corrected chi connectivity index (χ2v) is 21.5. The first-order valence-corrected chi connectivity index (χ1v) is 20.7. The number of phosphoric ester groups is 1. The van der Waals surface area contributed by atoms with Crippen LogP contribution in [0.1, 0.15) is 130 Å². The molecule has 0 aliphatic rings. The van der Waals surface area contributed by atoms with Crippen molar-refractivity contribution < 1.29 is 18.5 Å². The quantitative estimate of drug-likeness (QED) is 0.0713. The summed E-state index contributed by atoms with van der Waals surface area (Å²) in [6.07, 6.45) is 21.1. The molecule has 1 N–H and O–H groups in total. The summed E-state index contributed by atoms with van der Waals surface area (Å²) in [5.74, 6) is 0. The maximum atomic E-state index is 12.1. The van der Waals surface area contributed by atoms with Crippen molar-refractivity contribution in [1.29, 1.82) is 0 Å². The zero-order valence-electron chi connectivity index (χ0n) is 22.1. The first-order chi connectivity index (χ1) is 15.4. The van der Waals surface area contributed by atoms with Gasteiger partial charge in [0.05, 0.1) is 0 Å². The van der Waals surface area contributed by atoms with E-state index in [4.69, 9.17) is 9.05 Å². The van der Waals surface area contributed by atoms with Gasteiger partial charge >= 0.3 is 133 Å². The van der Waals surface area contributed by atoms with Gasteiger partial charge in [0.25, 0.3) is 0 Å². The van der Waals surface area contributed by atoms with Crippen molar-refractivity contribution in [3.8, 4) is 0 Å². The third-order valence-corrected chi connectivity index (χ3v) is 18.9. The van der Waals surface area contributed by atoms with Crippen molar-refractivity contribution in [1.82, 2.24) is 0 Å². The van der Waals surface area contributed by atoms with Gasteiger partial charge < -0.3 is 0 Å². The van der Waals surface area contributed by atoms with Crippen LogP contribution >= 0.6 is 7.82 Å². The topological polar surface area (TPSA) is 55.8 Å². The zero-order chi connectivity index (χ0) is 24.0. The van der Waals surface area contributed by atoms with E-state index in [0.29, 0.717) is 13.2 Å². The zero-order valence-corrected chi connectivity index (χ0v) is 24.9. The molecule has 0 aliphatic heterocycles. The molecule has 0 aromatic rings. The Labute approximate surface area is 204 Å². The summed E-state index contributed by atoms with van der Waals surface area (Å²) < 4.78 is 22.5. The van der Waals surface area contributed by atoms with E-state index in [1.165, 1.54) is 106 Å². The predicted octanol–water partition coefficient (Wildman–Crippen LogP) is 9.89. The molecule has 4 nitrogen and oxygen atoms in total. The molecule has 0 saturated heterocycles. The second kappa shape index (κ2) is 22.2. The number of unbranched alkanes of at least 4 members (excludes halogenated alkanes) is 15. The fourth-order valence-corrected chi connectivity index (χ4v) is 11.2. The van der Waals surface area contributed by atoms with E-state index in [1.807, 2.05) is 0 Å². The van der Waals surface area contributed by atoms with Gasteiger partial charge in [-0.2, -0.15) is 0 Å². The van der Waals surface area contributed by atoms with Crippen LogP contribution in [-0.4, -0.2) is 31.7 Å². The van der Waals surface area contributed by atoms with Crippen LogP contribution in [0, 0.1) is 0 Å². The Kier molecular flexibility index (Phi) is 22.6. The van der Waals surface area contributed by atoms with Crippen molar-refractivity contribution in [2.24, 2.45) is 0 Å². The standard InChI is InChI=1S/C26H57AsO4P/c1-5-9-10-11-12-13-14-15-16-17-18-19-20-21-22-23-25-30-32(28,29)31-26-24-27(6-2,7-3)8-4/h5-26H2,1-4H3,(H,28,29). The minimum atomic E-state index is -3.87. The Balaban J connectivity index is 3.46. The molecule has 0 aromatic carbocycles. The van der Waals surface area contributed by atoms with E-state index in [0.717, 1.165) is 18.1 Å².